The van der Waals surface area contributed by atoms with E-state index < -0.39 is 5.56 Å². The van der Waals surface area contributed by atoms with Crippen LogP contribution in [0.4, 0.5) is 0 Å². The molecule has 0 heterocycles. The van der Waals surface area contributed by atoms with Gasteiger partial charge in [-0.15, -0.1) is 0 Å². The fraction of sp³-hybridized carbons (Fsp3) is 0.429. The Morgan fingerprint density at radius 2 is 1.89 bits per heavy atom. The number of ether oxygens (including phenoxy) is 2. The highest BCUT2D eigenvalue weighted by molar-refractivity contribution is 8.14. The Balaban J connectivity index is 2.50. The molecule has 0 aliphatic carbocycles. The zero-order valence-electron chi connectivity index (χ0n) is 16.3. The monoisotopic (exact) mass is 444 g/mol. The maximum atomic E-state index is 12.4. The number of hydrogen-bond donors (Lipinski definition) is 0. The molecule has 0 spiro atoms. The maximum absolute atomic E-state index is 12.4. The van der Waals surface area contributed by atoms with Crippen LogP contribution in [0.2, 0.25) is 5.02 Å². The normalized spacial score (nSPS) is 14.3. The maximum Gasteiger partial charge on any atom is 0.330 e. The third-order valence-corrected chi connectivity index (χ3v) is 6.00. The van der Waals surface area contributed by atoms with Gasteiger partial charge in [0.2, 0.25) is 10.7 Å². The third kappa shape index (κ3) is 9.67. The molecule has 1 aromatic carbocycles. The molecule has 1 rings (SSSR count). The van der Waals surface area contributed by atoms with Crippen LogP contribution < -0.4 is 4.74 Å². The van der Waals surface area contributed by atoms with E-state index >= 15 is 0 Å². The second kappa shape index (κ2) is 12.9. The summed E-state index contributed by atoms with van der Waals surface area (Å²) in [6, 6.07) is 6.67. The fourth-order valence-electron chi connectivity index (χ4n) is 2.30. The topological polar surface area (TPSA) is 52.6 Å². The van der Waals surface area contributed by atoms with E-state index in [-0.39, 0.29) is 16.3 Å². The van der Waals surface area contributed by atoms with Gasteiger partial charge in [-0.2, -0.15) is 0 Å². The van der Waals surface area contributed by atoms with E-state index in [1.165, 1.54) is 13.2 Å². The number of alkyl halides is 1. The highest BCUT2D eigenvalue weighted by atomic mass is 35.5. The fourth-order valence-corrected chi connectivity index (χ4v) is 3.57. The van der Waals surface area contributed by atoms with Crippen LogP contribution in [0, 0.1) is 5.92 Å². The molecular weight excluding hydrogens is 419 g/mol. The summed E-state index contributed by atoms with van der Waals surface area (Å²) in [5, 5.41) is 0.273. The van der Waals surface area contributed by atoms with E-state index in [4.69, 9.17) is 27.9 Å². The van der Waals surface area contributed by atoms with Gasteiger partial charge in [-0.3, -0.25) is 4.79 Å². The molecule has 4 nitrogen and oxygen atoms in total. The molecule has 28 heavy (non-hydrogen) atoms. The summed E-state index contributed by atoms with van der Waals surface area (Å²) in [5.74, 6) is 0.480. The Labute approximate surface area is 181 Å². The van der Waals surface area contributed by atoms with E-state index in [0.29, 0.717) is 16.7 Å². The predicted molar refractivity (Wildman–Crippen MR) is 117 cm³/mol. The second-order valence-corrected chi connectivity index (χ2v) is 8.54. The SMILES string of the molecule is C=C(C)C(CCC(C)CC=CC(=O)OC)SC(=O)C(Cl)Oc1ccc(Cl)cc1. The third-order valence-electron chi connectivity index (χ3n) is 3.96. The Hall–Kier alpha value is -1.43. The lowest BCUT2D eigenvalue weighted by molar-refractivity contribution is -0.134. The molecule has 7 heteroatoms. The number of thioether (sulfide) groups is 1. The number of halogens is 2. The number of allylic oxidation sites excluding steroid dienone is 1. The van der Waals surface area contributed by atoms with Crippen molar-refractivity contribution in [1.29, 1.82) is 0 Å². The molecule has 3 atom stereocenters. The summed E-state index contributed by atoms with van der Waals surface area (Å²) in [7, 11) is 1.35. The van der Waals surface area contributed by atoms with Crippen LogP contribution in [0.5, 0.6) is 5.75 Å². The highest BCUT2D eigenvalue weighted by Gasteiger charge is 2.23. The zero-order valence-corrected chi connectivity index (χ0v) is 18.7. The zero-order chi connectivity index (χ0) is 21.1. The number of carbonyl (C=O) groups is 2. The van der Waals surface area contributed by atoms with E-state index in [9.17, 15) is 9.59 Å². The van der Waals surface area contributed by atoms with E-state index in [2.05, 4.69) is 18.2 Å². The molecule has 0 aromatic heterocycles. The van der Waals surface area contributed by atoms with Crippen molar-refractivity contribution in [1.82, 2.24) is 0 Å². The molecule has 0 N–H and O–H groups in total. The van der Waals surface area contributed by atoms with Crippen molar-refractivity contribution >= 4 is 46.0 Å². The van der Waals surface area contributed by atoms with Crippen LogP contribution >= 0.6 is 35.0 Å². The van der Waals surface area contributed by atoms with Crippen LogP contribution in [-0.2, 0) is 14.3 Å². The molecule has 1 aromatic rings. The number of esters is 1. The molecule has 0 amide bonds. The lowest BCUT2D eigenvalue weighted by atomic mass is 9.98. The number of methoxy groups -OCH3 is 1. The molecule has 0 saturated heterocycles. The van der Waals surface area contributed by atoms with Crippen molar-refractivity contribution in [2.24, 2.45) is 5.92 Å². The Morgan fingerprint density at radius 1 is 1.25 bits per heavy atom. The first-order valence-corrected chi connectivity index (χ1v) is 10.6. The van der Waals surface area contributed by atoms with Crippen molar-refractivity contribution in [3.05, 3.63) is 53.6 Å². The number of rotatable bonds is 11. The van der Waals surface area contributed by atoms with E-state index in [1.54, 1.807) is 30.3 Å². The van der Waals surface area contributed by atoms with Crippen molar-refractivity contribution in [2.45, 2.75) is 43.9 Å². The largest absolute Gasteiger partial charge is 0.466 e. The van der Waals surface area contributed by atoms with Gasteiger partial charge in [0.25, 0.3) is 0 Å². The summed E-state index contributed by atoms with van der Waals surface area (Å²) in [5.41, 5.74) is -0.181. The summed E-state index contributed by atoms with van der Waals surface area (Å²) in [4.78, 5) is 23.5. The first kappa shape index (κ1) is 24.6. The molecule has 0 aliphatic rings. The van der Waals surface area contributed by atoms with Gasteiger partial charge in [0.1, 0.15) is 5.75 Å². The lowest BCUT2D eigenvalue weighted by Gasteiger charge is -2.19. The minimum atomic E-state index is -1.09. The van der Waals surface area contributed by atoms with Gasteiger partial charge < -0.3 is 9.47 Å². The van der Waals surface area contributed by atoms with Gasteiger partial charge in [0.15, 0.2) is 0 Å². The minimum Gasteiger partial charge on any atom is -0.466 e. The molecule has 0 bridgehead atoms. The Morgan fingerprint density at radius 3 is 2.46 bits per heavy atom. The van der Waals surface area contributed by atoms with Crippen LogP contribution in [0.25, 0.3) is 0 Å². The molecule has 0 radical (unpaired) electrons. The summed E-state index contributed by atoms with van der Waals surface area (Å²) >= 11 is 13.1. The van der Waals surface area contributed by atoms with Crippen molar-refractivity contribution in [3.63, 3.8) is 0 Å². The van der Waals surface area contributed by atoms with Gasteiger partial charge in [0, 0.05) is 16.3 Å². The van der Waals surface area contributed by atoms with Gasteiger partial charge >= 0.3 is 5.97 Å². The second-order valence-electron chi connectivity index (χ2n) is 6.50. The number of benzene rings is 1. The number of hydrogen-bond acceptors (Lipinski definition) is 5. The molecule has 0 saturated carbocycles. The van der Waals surface area contributed by atoms with Crippen LogP contribution in [-0.4, -0.2) is 29.0 Å². The van der Waals surface area contributed by atoms with Crippen molar-refractivity contribution in [3.8, 4) is 5.75 Å². The average Bonchev–Trinajstić information content (AvgIpc) is 2.66. The van der Waals surface area contributed by atoms with Crippen LogP contribution in [0.1, 0.15) is 33.1 Å². The van der Waals surface area contributed by atoms with Gasteiger partial charge in [-0.05, 0) is 56.4 Å². The van der Waals surface area contributed by atoms with Crippen molar-refractivity contribution in [2.75, 3.05) is 7.11 Å². The van der Waals surface area contributed by atoms with Crippen LogP contribution in [0.15, 0.2) is 48.6 Å². The molecular formula is C21H26Cl2O4S. The summed E-state index contributed by atoms with van der Waals surface area (Å²) in [6.45, 7) is 7.98. The minimum absolute atomic E-state index is 0.0467. The Bertz CT molecular complexity index is 688. The summed E-state index contributed by atoms with van der Waals surface area (Å²) < 4.78 is 10.0. The van der Waals surface area contributed by atoms with Crippen LogP contribution in [0.3, 0.4) is 0 Å². The lowest BCUT2D eigenvalue weighted by Crippen LogP contribution is -2.21. The summed E-state index contributed by atoms with van der Waals surface area (Å²) in [6.07, 6.45) is 5.66. The molecule has 154 valence electrons. The smallest absolute Gasteiger partial charge is 0.330 e. The van der Waals surface area contributed by atoms with E-state index in [1.807, 2.05) is 6.92 Å². The molecule has 3 unspecified atom stereocenters. The predicted octanol–water partition coefficient (Wildman–Crippen LogP) is 6.02. The first-order valence-electron chi connectivity index (χ1n) is 8.89. The van der Waals surface area contributed by atoms with Gasteiger partial charge in [0.05, 0.1) is 7.11 Å². The molecule has 0 aliphatic heterocycles. The Kier molecular flexibility index (Phi) is 11.4. The van der Waals surface area contributed by atoms with E-state index in [0.717, 1.165) is 36.6 Å². The quantitative estimate of drug-likeness (QED) is 0.180. The number of carbonyl (C=O) groups excluding carboxylic acids is 2. The highest BCUT2D eigenvalue weighted by Crippen LogP contribution is 2.29. The molecule has 0 fully saturated rings. The van der Waals surface area contributed by atoms with Gasteiger partial charge in [-0.25, -0.2) is 4.79 Å². The standard InChI is InChI=1S/C21H26Cl2O4S/c1-14(2)18(13-8-15(3)6-5-7-19(24)26-4)28-21(25)20(23)27-17-11-9-16(22)10-12-17/h5,7,9-12,15,18,20H,1,6,8,13H2,2-4H3. The first-order chi connectivity index (χ1) is 13.2. The van der Waals surface area contributed by atoms with Gasteiger partial charge in [-0.1, -0.05) is 60.1 Å². The van der Waals surface area contributed by atoms with Crippen molar-refractivity contribution < 1.29 is 19.1 Å². The average molecular weight is 445 g/mol.